The summed E-state index contributed by atoms with van der Waals surface area (Å²) in [6, 6.07) is 6.16. The first kappa shape index (κ1) is 16.4. The molecule has 0 spiro atoms. The molecule has 1 saturated heterocycles. The van der Waals surface area contributed by atoms with Crippen molar-refractivity contribution in [2.24, 2.45) is 0 Å². The molecule has 1 aliphatic rings. The molecule has 0 amide bonds. The van der Waals surface area contributed by atoms with Crippen LogP contribution in [0.3, 0.4) is 0 Å². The van der Waals surface area contributed by atoms with Crippen molar-refractivity contribution in [3.63, 3.8) is 0 Å². The van der Waals surface area contributed by atoms with E-state index in [1.165, 1.54) is 12.8 Å². The number of likely N-dealkylation sites (tertiary alicyclic amines) is 1. The lowest BCUT2D eigenvalue weighted by Crippen LogP contribution is -2.35. The van der Waals surface area contributed by atoms with Gasteiger partial charge in [0.2, 0.25) is 0 Å². The maximum Gasteiger partial charge on any atom is 0.127 e. The van der Waals surface area contributed by atoms with Gasteiger partial charge in [-0.15, -0.1) is 0 Å². The van der Waals surface area contributed by atoms with E-state index >= 15 is 0 Å². The van der Waals surface area contributed by atoms with Gasteiger partial charge in [-0.2, -0.15) is 0 Å². The number of halogens is 1. The maximum absolute atomic E-state index is 14.1. The first-order valence-electron chi connectivity index (χ1n) is 8.15. The van der Waals surface area contributed by atoms with Crippen molar-refractivity contribution in [1.29, 1.82) is 0 Å². The first-order valence-corrected chi connectivity index (χ1v) is 8.15. The van der Waals surface area contributed by atoms with Crippen LogP contribution in [0.5, 0.6) is 0 Å². The van der Waals surface area contributed by atoms with Crippen molar-refractivity contribution in [2.75, 3.05) is 6.54 Å². The quantitative estimate of drug-likeness (QED) is 0.879. The third-order valence-electron chi connectivity index (χ3n) is 4.28. The molecule has 21 heavy (non-hydrogen) atoms. The van der Waals surface area contributed by atoms with Gasteiger partial charge < -0.3 is 5.32 Å². The Morgan fingerprint density at radius 2 is 2.10 bits per heavy atom. The van der Waals surface area contributed by atoms with Gasteiger partial charge in [0, 0.05) is 30.2 Å². The van der Waals surface area contributed by atoms with E-state index < -0.39 is 0 Å². The lowest BCUT2D eigenvalue weighted by Gasteiger charge is -2.24. The molecule has 1 N–H and O–H groups in total. The molecule has 2 nitrogen and oxygen atoms in total. The summed E-state index contributed by atoms with van der Waals surface area (Å²) in [6.07, 6.45) is 3.65. The van der Waals surface area contributed by atoms with Crippen LogP contribution in [0.4, 0.5) is 4.39 Å². The molecule has 1 fully saturated rings. The fraction of sp³-hybridized carbons (Fsp3) is 0.667. The summed E-state index contributed by atoms with van der Waals surface area (Å²) >= 11 is 0. The average Bonchev–Trinajstić information content (AvgIpc) is 2.86. The highest BCUT2D eigenvalue weighted by Gasteiger charge is 2.23. The van der Waals surface area contributed by atoms with Gasteiger partial charge in [0.1, 0.15) is 5.82 Å². The maximum atomic E-state index is 14.1. The van der Waals surface area contributed by atoms with Gasteiger partial charge in [0.15, 0.2) is 0 Å². The van der Waals surface area contributed by atoms with Gasteiger partial charge in [-0.05, 0) is 58.2 Å². The molecule has 1 unspecified atom stereocenters. The summed E-state index contributed by atoms with van der Waals surface area (Å²) in [5.41, 5.74) is 2.08. The van der Waals surface area contributed by atoms with Gasteiger partial charge in [0.25, 0.3) is 0 Å². The molecule has 1 aromatic rings. The molecule has 1 aliphatic heterocycles. The molecule has 0 aliphatic carbocycles. The normalized spacial score (nSPS) is 20.1. The molecule has 0 aromatic heterocycles. The molecule has 1 aromatic carbocycles. The van der Waals surface area contributed by atoms with Gasteiger partial charge in [0.05, 0.1) is 0 Å². The minimum absolute atomic E-state index is 0.0729. The van der Waals surface area contributed by atoms with Crippen LogP contribution < -0.4 is 5.32 Å². The van der Waals surface area contributed by atoms with Gasteiger partial charge in [-0.25, -0.2) is 4.39 Å². The summed E-state index contributed by atoms with van der Waals surface area (Å²) in [5, 5.41) is 3.46. The number of nitrogens with zero attached hydrogens (tertiary/aromatic N) is 1. The Bertz CT molecular complexity index is 465. The van der Waals surface area contributed by atoms with E-state index in [0.717, 1.165) is 37.2 Å². The van der Waals surface area contributed by atoms with Crippen molar-refractivity contribution in [2.45, 2.75) is 71.6 Å². The Morgan fingerprint density at radius 1 is 1.33 bits per heavy atom. The predicted molar refractivity (Wildman–Crippen MR) is 86.7 cm³/mol. The fourth-order valence-corrected chi connectivity index (χ4v) is 3.01. The Kier molecular flexibility index (Phi) is 5.39. The van der Waals surface area contributed by atoms with Crippen LogP contribution in [-0.4, -0.2) is 23.0 Å². The van der Waals surface area contributed by atoms with Crippen molar-refractivity contribution in [3.05, 3.63) is 35.1 Å². The number of hydrogen-bond acceptors (Lipinski definition) is 2. The summed E-state index contributed by atoms with van der Waals surface area (Å²) < 4.78 is 14.1. The Labute approximate surface area is 128 Å². The molecular weight excluding hydrogens is 263 g/mol. The lowest BCUT2D eigenvalue weighted by molar-refractivity contribution is 0.237. The Hall–Kier alpha value is -0.930. The van der Waals surface area contributed by atoms with Crippen LogP contribution >= 0.6 is 0 Å². The average molecular weight is 292 g/mol. The topological polar surface area (TPSA) is 15.3 Å². The van der Waals surface area contributed by atoms with E-state index in [2.05, 4.69) is 37.9 Å². The van der Waals surface area contributed by atoms with Gasteiger partial charge in [-0.1, -0.05) is 19.1 Å². The molecule has 1 atom stereocenters. The van der Waals surface area contributed by atoms with Crippen molar-refractivity contribution < 1.29 is 4.39 Å². The molecular formula is C18H29FN2. The van der Waals surface area contributed by atoms with Gasteiger partial charge >= 0.3 is 0 Å². The highest BCUT2D eigenvalue weighted by atomic mass is 19.1. The molecule has 118 valence electrons. The highest BCUT2D eigenvalue weighted by molar-refractivity contribution is 5.25. The molecule has 1 heterocycles. The van der Waals surface area contributed by atoms with E-state index in [9.17, 15) is 4.39 Å². The zero-order valence-electron chi connectivity index (χ0n) is 13.9. The summed E-state index contributed by atoms with van der Waals surface area (Å²) in [5.74, 6) is -0.0729. The van der Waals surface area contributed by atoms with Crippen LogP contribution in [0.25, 0.3) is 0 Å². The second-order valence-electron chi connectivity index (χ2n) is 7.20. The molecule has 0 radical (unpaired) electrons. The predicted octanol–water partition coefficient (Wildman–Crippen LogP) is 4.09. The molecule has 3 heteroatoms. The monoisotopic (exact) mass is 292 g/mol. The number of benzene rings is 1. The largest absolute Gasteiger partial charge is 0.308 e. The van der Waals surface area contributed by atoms with Crippen LogP contribution in [0.2, 0.25) is 0 Å². The minimum atomic E-state index is -0.0729. The van der Waals surface area contributed by atoms with Crippen molar-refractivity contribution in [3.8, 4) is 0 Å². The fourth-order valence-electron chi connectivity index (χ4n) is 3.01. The second kappa shape index (κ2) is 6.89. The molecule has 0 bridgehead atoms. The molecule has 0 saturated carbocycles. The van der Waals surface area contributed by atoms with Crippen LogP contribution in [0, 0.1) is 5.82 Å². The highest BCUT2D eigenvalue weighted by Crippen LogP contribution is 2.23. The zero-order chi connectivity index (χ0) is 15.5. The smallest absolute Gasteiger partial charge is 0.127 e. The number of hydrogen-bond donors (Lipinski definition) is 1. The van der Waals surface area contributed by atoms with E-state index in [-0.39, 0.29) is 11.4 Å². The number of rotatable bonds is 5. The minimum Gasteiger partial charge on any atom is -0.308 e. The van der Waals surface area contributed by atoms with Crippen LogP contribution in [-0.2, 0) is 13.1 Å². The van der Waals surface area contributed by atoms with Gasteiger partial charge in [-0.3, -0.25) is 4.90 Å². The first-order chi connectivity index (χ1) is 9.89. The van der Waals surface area contributed by atoms with E-state index in [1.54, 1.807) is 6.07 Å². The van der Waals surface area contributed by atoms with Crippen LogP contribution in [0.15, 0.2) is 18.2 Å². The van der Waals surface area contributed by atoms with Crippen LogP contribution in [0.1, 0.15) is 58.1 Å². The second-order valence-corrected chi connectivity index (χ2v) is 7.20. The third kappa shape index (κ3) is 4.79. The zero-order valence-corrected chi connectivity index (χ0v) is 13.9. The summed E-state index contributed by atoms with van der Waals surface area (Å²) in [4.78, 5) is 2.43. The SMILES string of the molecule is CCC1CCCN1Cc1cc(CNC(C)(C)C)ccc1F. The lowest BCUT2D eigenvalue weighted by atomic mass is 10.1. The number of nitrogens with one attached hydrogen (secondary N) is 1. The Morgan fingerprint density at radius 3 is 2.76 bits per heavy atom. The third-order valence-corrected chi connectivity index (χ3v) is 4.28. The summed E-state index contributed by atoms with van der Waals surface area (Å²) in [6.45, 7) is 11.3. The van der Waals surface area contributed by atoms with E-state index in [4.69, 9.17) is 0 Å². The standard InChI is InChI=1S/C18H29FN2/c1-5-16-7-6-10-21(16)13-15-11-14(8-9-17(15)19)12-20-18(2,3)4/h8-9,11,16,20H,5-7,10,12-13H2,1-4H3. The molecule has 2 rings (SSSR count). The Balaban J connectivity index is 2.05. The van der Waals surface area contributed by atoms with E-state index in [1.807, 2.05) is 12.1 Å². The van der Waals surface area contributed by atoms with E-state index in [0.29, 0.717) is 6.04 Å². The van der Waals surface area contributed by atoms with Crippen molar-refractivity contribution >= 4 is 0 Å². The summed E-state index contributed by atoms with van der Waals surface area (Å²) in [7, 11) is 0. The van der Waals surface area contributed by atoms with Crippen molar-refractivity contribution in [1.82, 2.24) is 10.2 Å².